The maximum atomic E-state index is 12.2. The summed E-state index contributed by atoms with van der Waals surface area (Å²) in [6.45, 7) is 8.17. The first-order chi connectivity index (χ1) is 12.0. The van der Waals surface area contributed by atoms with Crippen molar-refractivity contribution in [3.63, 3.8) is 0 Å². The predicted octanol–water partition coefficient (Wildman–Crippen LogP) is 2.23. The number of carbonyl (C=O) groups excluding carboxylic acids is 1. The molecule has 5 nitrogen and oxygen atoms in total. The molecule has 2 rings (SSSR count). The Morgan fingerprint density at radius 2 is 2.08 bits per heavy atom. The van der Waals surface area contributed by atoms with Gasteiger partial charge in [0.15, 0.2) is 0 Å². The Labute approximate surface area is 151 Å². The van der Waals surface area contributed by atoms with E-state index in [4.69, 9.17) is 4.74 Å². The smallest absolute Gasteiger partial charge is 0.234 e. The van der Waals surface area contributed by atoms with E-state index in [1.165, 1.54) is 5.56 Å². The molecule has 1 aliphatic rings. The first-order valence-corrected chi connectivity index (χ1v) is 9.36. The minimum Gasteiger partial charge on any atom is -0.491 e. The lowest BCUT2D eigenvalue weighted by Gasteiger charge is -2.38. The van der Waals surface area contributed by atoms with Crippen LogP contribution in [0, 0.1) is 5.92 Å². The van der Waals surface area contributed by atoms with Crippen LogP contribution < -0.4 is 10.1 Å². The highest BCUT2D eigenvalue weighted by Gasteiger charge is 2.28. The fourth-order valence-electron chi connectivity index (χ4n) is 3.42. The fourth-order valence-corrected chi connectivity index (χ4v) is 3.42. The summed E-state index contributed by atoms with van der Waals surface area (Å²) in [6.07, 6.45) is 3.19. The summed E-state index contributed by atoms with van der Waals surface area (Å²) in [6, 6.07) is 8.12. The summed E-state index contributed by atoms with van der Waals surface area (Å²) in [7, 11) is 0. The highest BCUT2D eigenvalue weighted by atomic mass is 16.5. The second-order valence-electron chi connectivity index (χ2n) is 7.25. The van der Waals surface area contributed by atoms with Crippen molar-refractivity contribution in [2.24, 2.45) is 5.92 Å². The fraction of sp³-hybridized carbons (Fsp3) is 0.650. The summed E-state index contributed by atoms with van der Waals surface area (Å²) in [5.74, 6) is 1.35. The van der Waals surface area contributed by atoms with E-state index in [1.807, 2.05) is 38.1 Å². The van der Waals surface area contributed by atoms with Crippen LogP contribution in [0.15, 0.2) is 24.3 Å². The van der Waals surface area contributed by atoms with Gasteiger partial charge >= 0.3 is 0 Å². The Morgan fingerprint density at radius 1 is 1.36 bits per heavy atom. The zero-order valence-corrected chi connectivity index (χ0v) is 15.7. The largest absolute Gasteiger partial charge is 0.491 e. The van der Waals surface area contributed by atoms with Crippen molar-refractivity contribution in [1.82, 2.24) is 10.2 Å². The van der Waals surface area contributed by atoms with Gasteiger partial charge in [0, 0.05) is 12.6 Å². The first-order valence-electron chi connectivity index (χ1n) is 9.36. The molecular formula is C20H32N2O3. The van der Waals surface area contributed by atoms with Gasteiger partial charge in [-0.3, -0.25) is 9.69 Å². The molecule has 1 saturated heterocycles. The molecule has 1 amide bonds. The number of hydrogen-bond donors (Lipinski definition) is 2. The second kappa shape index (κ2) is 9.78. The number of amides is 1. The van der Waals surface area contributed by atoms with Crippen LogP contribution in [0.4, 0.5) is 0 Å². The van der Waals surface area contributed by atoms with Gasteiger partial charge in [0.2, 0.25) is 5.91 Å². The standard InChI is InChI=1S/C20H32N2O3/c1-15(2)25-18-8-6-17(7-9-18)10-11-21-20(24)13-22-12-4-5-16(3)19(22)14-23/h6-9,15-16,19,23H,4-5,10-14H2,1-3H3,(H,21,24). The first kappa shape index (κ1) is 19.7. The molecule has 0 aliphatic carbocycles. The van der Waals surface area contributed by atoms with Crippen LogP contribution in [-0.2, 0) is 11.2 Å². The van der Waals surface area contributed by atoms with Gasteiger partial charge in [-0.05, 0) is 63.3 Å². The van der Waals surface area contributed by atoms with Crippen molar-refractivity contribution in [2.45, 2.75) is 52.2 Å². The zero-order chi connectivity index (χ0) is 18.2. The van der Waals surface area contributed by atoms with Crippen LogP contribution in [0.5, 0.6) is 5.75 Å². The maximum Gasteiger partial charge on any atom is 0.234 e. The maximum absolute atomic E-state index is 12.2. The Hall–Kier alpha value is -1.59. The molecule has 1 aromatic rings. The molecular weight excluding hydrogens is 316 g/mol. The van der Waals surface area contributed by atoms with Gasteiger partial charge in [-0.1, -0.05) is 19.1 Å². The van der Waals surface area contributed by atoms with Gasteiger partial charge in [0.25, 0.3) is 0 Å². The Balaban J connectivity index is 1.73. The van der Waals surface area contributed by atoms with Gasteiger partial charge in [-0.15, -0.1) is 0 Å². The molecule has 0 aromatic heterocycles. The van der Waals surface area contributed by atoms with Crippen molar-refractivity contribution >= 4 is 5.91 Å². The topological polar surface area (TPSA) is 61.8 Å². The molecule has 2 N–H and O–H groups in total. The van der Waals surface area contributed by atoms with Gasteiger partial charge in [-0.25, -0.2) is 0 Å². The highest BCUT2D eigenvalue weighted by molar-refractivity contribution is 5.78. The SMILES string of the molecule is CC(C)Oc1ccc(CCNC(=O)CN2CCCC(C)C2CO)cc1. The zero-order valence-electron chi connectivity index (χ0n) is 15.7. The van der Waals surface area contributed by atoms with E-state index < -0.39 is 0 Å². The molecule has 1 heterocycles. The van der Waals surface area contributed by atoms with Crippen LogP contribution in [0.2, 0.25) is 0 Å². The van der Waals surface area contributed by atoms with Crippen molar-refractivity contribution in [3.05, 3.63) is 29.8 Å². The number of aliphatic hydroxyl groups is 1. The molecule has 25 heavy (non-hydrogen) atoms. The van der Waals surface area contributed by atoms with Crippen molar-refractivity contribution in [3.8, 4) is 5.75 Å². The highest BCUT2D eigenvalue weighted by Crippen LogP contribution is 2.22. The molecule has 1 aromatic carbocycles. The quantitative estimate of drug-likeness (QED) is 0.756. The molecule has 0 saturated carbocycles. The summed E-state index contributed by atoms with van der Waals surface area (Å²) in [5, 5.41) is 12.6. The molecule has 1 aliphatic heterocycles. The molecule has 0 bridgehead atoms. The van der Waals surface area contributed by atoms with Crippen molar-refractivity contribution < 1.29 is 14.6 Å². The third kappa shape index (κ3) is 6.33. The molecule has 2 unspecified atom stereocenters. The number of nitrogens with zero attached hydrogens (tertiary/aromatic N) is 1. The number of aliphatic hydroxyl groups excluding tert-OH is 1. The molecule has 2 atom stereocenters. The van der Waals surface area contributed by atoms with Gasteiger partial charge in [0.05, 0.1) is 19.3 Å². The van der Waals surface area contributed by atoms with E-state index in [0.717, 1.165) is 31.6 Å². The summed E-state index contributed by atoms with van der Waals surface area (Å²) in [5.41, 5.74) is 1.18. The molecule has 5 heteroatoms. The lowest BCUT2D eigenvalue weighted by Crippen LogP contribution is -2.50. The predicted molar refractivity (Wildman–Crippen MR) is 99.8 cm³/mol. The Morgan fingerprint density at radius 3 is 2.72 bits per heavy atom. The molecule has 0 spiro atoms. The van der Waals surface area contributed by atoms with Crippen molar-refractivity contribution in [2.75, 3.05) is 26.2 Å². The van der Waals surface area contributed by atoms with E-state index in [0.29, 0.717) is 19.0 Å². The number of ether oxygens (including phenoxy) is 1. The summed E-state index contributed by atoms with van der Waals surface area (Å²) in [4.78, 5) is 14.3. The number of piperidine rings is 1. The normalized spacial score (nSPS) is 21.3. The number of carbonyl (C=O) groups is 1. The average molecular weight is 348 g/mol. The number of likely N-dealkylation sites (tertiary alicyclic amines) is 1. The van der Waals surface area contributed by atoms with Gasteiger partial charge in [-0.2, -0.15) is 0 Å². The third-order valence-corrected chi connectivity index (χ3v) is 4.80. The number of hydrogen-bond acceptors (Lipinski definition) is 4. The van der Waals surface area contributed by atoms with E-state index in [-0.39, 0.29) is 24.7 Å². The Kier molecular flexibility index (Phi) is 7.72. The van der Waals surface area contributed by atoms with E-state index in [2.05, 4.69) is 17.1 Å². The van der Waals surface area contributed by atoms with Crippen LogP contribution in [-0.4, -0.2) is 54.3 Å². The third-order valence-electron chi connectivity index (χ3n) is 4.80. The Bertz CT molecular complexity index is 530. The van der Waals surface area contributed by atoms with E-state index >= 15 is 0 Å². The molecule has 1 fully saturated rings. The van der Waals surface area contributed by atoms with Crippen molar-refractivity contribution in [1.29, 1.82) is 0 Å². The number of rotatable bonds is 8. The summed E-state index contributed by atoms with van der Waals surface area (Å²) >= 11 is 0. The number of benzene rings is 1. The molecule has 140 valence electrons. The summed E-state index contributed by atoms with van der Waals surface area (Å²) < 4.78 is 5.63. The minimum atomic E-state index is 0.0345. The van der Waals surface area contributed by atoms with Gasteiger partial charge < -0.3 is 15.2 Å². The van der Waals surface area contributed by atoms with Crippen LogP contribution in [0.3, 0.4) is 0 Å². The van der Waals surface area contributed by atoms with Crippen LogP contribution in [0.1, 0.15) is 39.2 Å². The van der Waals surface area contributed by atoms with Crippen LogP contribution in [0.25, 0.3) is 0 Å². The van der Waals surface area contributed by atoms with E-state index in [1.54, 1.807) is 0 Å². The lowest BCUT2D eigenvalue weighted by molar-refractivity contribution is -0.123. The second-order valence-corrected chi connectivity index (χ2v) is 7.25. The van der Waals surface area contributed by atoms with Crippen LogP contribution >= 0.6 is 0 Å². The van der Waals surface area contributed by atoms with E-state index in [9.17, 15) is 9.90 Å². The number of nitrogens with one attached hydrogen (secondary N) is 1. The van der Waals surface area contributed by atoms with Gasteiger partial charge in [0.1, 0.15) is 5.75 Å². The lowest BCUT2D eigenvalue weighted by atomic mass is 9.91. The average Bonchev–Trinajstić information content (AvgIpc) is 2.56. The minimum absolute atomic E-state index is 0.0345. The molecule has 0 radical (unpaired) electrons. The monoisotopic (exact) mass is 348 g/mol.